The normalized spacial score (nSPS) is 19.1. The van der Waals surface area contributed by atoms with Crippen LogP contribution in [0.3, 0.4) is 0 Å². The van der Waals surface area contributed by atoms with Crippen LogP contribution in [-0.2, 0) is 4.79 Å². The van der Waals surface area contributed by atoms with Crippen molar-refractivity contribution in [2.75, 3.05) is 32.7 Å². The molecule has 1 rings (SSSR count). The number of amides is 2. The highest BCUT2D eigenvalue weighted by Crippen LogP contribution is 2.10. The van der Waals surface area contributed by atoms with E-state index in [1.54, 1.807) is 6.92 Å². The summed E-state index contributed by atoms with van der Waals surface area (Å²) in [6, 6.07) is 0.0900. The highest BCUT2D eigenvalue weighted by molar-refractivity contribution is 5.74. The Bertz CT molecular complexity index is 341. The molecule has 0 aliphatic carbocycles. The maximum atomic E-state index is 12.1. The summed E-state index contributed by atoms with van der Waals surface area (Å²) >= 11 is 0. The van der Waals surface area contributed by atoms with Crippen LogP contribution < -0.4 is 5.32 Å². The summed E-state index contributed by atoms with van der Waals surface area (Å²) in [6.45, 7) is 10.3. The molecule has 6 nitrogen and oxygen atoms in total. The van der Waals surface area contributed by atoms with Gasteiger partial charge in [-0.25, -0.2) is 4.79 Å². The number of carboxylic acids is 1. The van der Waals surface area contributed by atoms with Crippen LogP contribution in [0.25, 0.3) is 0 Å². The van der Waals surface area contributed by atoms with Gasteiger partial charge in [0, 0.05) is 32.2 Å². The van der Waals surface area contributed by atoms with Gasteiger partial charge in [-0.2, -0.15) is 0 Å². The third kappa shape index (κ3) is 6.33. The van der Waals surface area contributed by atoms with Crippen LogP contribution >= 0.6 is 0 Å². The van der Waals surface area contributed by atoms with Gasteiger partial charge in [-0.1, -0.05) is 20.3 Å². The fraction of sp³-hybridized carbons (Fsp3) is 0.867. The smallest absolute Gasteiger partial charge is 0.317 e. The molecule has 0 bridgehead atoms. The van der Waals surface area contributed by atoms with Crippen LogP contribution in [0.4, 0.5) is 4.79 Å². The van der Waals surface area contributed by atoms with Crippen molar-refractivity contribution >= 4 is 12.0 Å². The van der Waals surface area contributed by atoms with E-state index in [0.717, 1.165) is 45.6 Å². The van der Waals surface area contributed by atoms with E-state index >= 15 is 0 Å². The first-order chi connectivity index (χ1) is 9.93. The van der Waals surface area contributed by atoms with Crippen LogP contribution in [0.2, 0.25) is 0 Å². The molecule has 1 aliphatic heterocycles. The van der Waals surface area contributed by atoms with Gasteiger partial charge in [-0.3, -0.25) is 4.79 Å². The third-order valence-corrected chi connectivity index (χ3v) is 4.17. The summed E-state index contributed by atoms with van der Waals surface area (Å²) in [6.07, 6.45) is 2.29. The molecule has 21 heavy (non-hydrogen) atoms. The summed E-state index contributed by atoms with van der Waals surface area (Å²) in [5, 5.41) is 11.8. The molecular weight excluding hydrogens is 270 g/mol. The Morgan fingerprint density at radius 1 is 1.14 bits per heavy atom. The topological polar surface area (TPSA) is 72.9 Å². The monoisotopic (exact) mass is 299 g/mol. The largest absolute Gasteiger partial charge is 0.481 e. The molecule has 0 aromatic rings. The van der Waals surface area contributed by atoms with Crippen LogP contribution in [0, 0.1) is 5.92 Å². The average molecular weight is 299 g/mol. The first-order valence-corrected chi connectivity index (χ1v) is 7.94. The number of urea groups is 1. The average Bonchev–Trinajstić information content (AvgIpc) is 2.46. The molecule has 0 radical (unpaired) electrons. The van der Waals surface area contributed by atoms with Gasteiger partial charge in [-0.15, -0.1) is 0 Å². The van der Waals surface area contributed by atoms with Gasteiger partial charge < -0.3 is 20.2 Å². The Balaban J connectivity index is 2.20. The number of nitrogens with one attached hydrogen (secondary N) is 1. The molecule has 1 saturated heterocycles. The number of likely N-dealkylation sites (N-methyl/N-ethyl adjacent to an activating group) is 1. The lowest BCUT2D eigenvalue weighted by atomic mass is 10.0. The van der Waals surface area contributed by atoms with E-state index in [1.165, 1.54) is 0 Å². The molecule has 2 N–H and O–H groups in total. The lowest BCUT2D eigenvalue weighted by molar-refractivity contribution is -0.141. The number of aliphatic carboxylic acids is 1. The zero-order valence-corrected chi connectivity index (χ0v) is 13.5. The SMILES string of the molecule is CCN1CCN(C(=O)NC(C)CCCC(C)C(=O)O)CC1. The lowest BCUT2D eigenvalue weighted by Gasteiger charge is -2.34. The van der Waals surface area contributed by atoms with Crippen molar-refractivity contribution in [3.05, 3.63) is 0 Å². The Kier molecular flexibility index (Phi) is 7.50. The molecular formula is C15H29N3O3. The Morgan fingerprint density at radius 2 is 1.76 bits per heavy atom. The first-order valence-electron chi connectivity index (χ1n) is 7.94. The molecule has 0 spiro atoms. The van der Waals surface area contributed by atoms with E-state index < -0.39 is 5.97 Å². The predicted octanol–water partition coefficient (Wildman–Crippen LogP) is 1.61. The number of carbonyl (C=O) groups is 2. The zero-order valence-electron chi connectivity index (χ0n) is 13.5. The summed E-state index contributed by atoms with van der Waals surface area (Å²) in [4.78, 5) is 27.0. The van der Waals surface area contributed by atoms with E-state index in [2.05, 4.69) is 17.1 Å². The number of hydrogen-bond donors (Lipinski definition) is 2. The van der Waals surface area contributed by atoms with Crippen molar-refractivity contribution in [3.8, 4) is 0 Å². The minimum absolute atomic E-state index is 0.00420. The molecule has 1 fully saturated rings. The predicted molar refractivity (Wildman–Crippen MR) is 82.3 cm³/mol. The zero-order chi connectivity index (χ0) is 15.8. The third-order valence-electron chi connectivity index (χ3n) is 4.17. The first kappa shape index (κ1) is 17.8. The molecule has 1 heterocycles. The van der Waals surface area contributed by atoms with E-state index in [9.17, 15) is 9.59 Å². The molecule has 0 saturated carbocycles. The van der Waals surface area contributed by atoms with Crippen LogP contribution in [0.5, 0.6) is 0 Å². The molecule has 2 atom stereocenters. The lowest BCUT2D eigenvalue weighted by Crippen LogP contribution is -2.53. The van der Waals surface area contributed by atoms with Gasteiger partial charge in [0.2, 0.25) is 0 Å². The second-order valence-corrected chi connectivity index (χ2v) is 5.94. The summed E-state index contributed by atoms with van der Waals surface area (Å²) in [5.41, 5.74) is 0. The van der Waals surface area contributed by atoms with Crippen molar-refractivity contribution in [2.24, 2.45) is 5.92 Å². The Morgan fingerprint density at radius 3 is 2.29 bits per heavy atom. The quantitative estimate of drug-likeness (QED) is 0.749. The van der Waals surface area contributed by atoms with Crippen LogP contribution in [0.15, 0.2) is 0 Å². The highest BCUT2D eigenvalue weighted by Gasteiger charge is 2.21. The van der Waals surface area contributed by atoms with Crippen molar-refractivity contribution in [1.82, 2.24) is 15.1 Å². The van der Waals surface area contributed by atoms with Crippen molar-refractivity contribution in [2.45, 2.75) is 46.1 Å². The van der Waals surface area contributed by atoms with Crippen molar-refractivity contribution in [1.29, 1.82) is 0 Å². The van der Waals surface area contributed by atoms with Gasteiger partial charge in [0.1, 0.15) is 0 Å². The Hall–Kier alpha value is -1.30. The number of piperazine rings is 1. The number of carboxylic acid groups (broad SMARTS) is 1. The van der Waals surface area contributed by atoms with Gasteiger partial charge in [0.25, 0.3) is 0 Å². The van der Waals surface area contributed by atoms with Gasteiger partial charge in [-0.05, 0) is 26.3 Å². The van der Waals surface area contributed by atoms with E-state index in [-0.39, 0.29) is 18.0 Å². The minimum atomic E-state index is -0.750. The number of rotatable bonds is 7. The van der Waals surface area contributed by atoms with Crippen LogP contribution in [-0.4, -0.2) is 65.7 Å². The van der Waals surface area contributed by atoms with Crippen molar-refractivity contribution < 1.29 is 14.7 Å². The van der Waals surface area contributed by atoms with Gasteiger partial charge >= 0.3 is 12.0 Å². The van der Waals surface area contributed by atoms with Gasteiger partial charge in [0.15, 0.2) is 0 Å². The van der Waals surface area contributed by atoms with Crippen LogP contribution in [0.1, 0.15) is 40.0 Å². The maximum absolute atomic E-state index is 12.1. The maximum Gasteiger partial charge on any atom is 0.317 e. The fourth-order valence-corrected chi connectivity index (χ4v) is 2.50. The molecule has 1 aliphatic rings. The Labute approximate surface area is 127 Å². The molecule has 0 aromatic heterocycles. The van der Waals surface area contributed by atoms with E-state index in [1.807, 2.05) is 11.8 Å². The highest BCUT2D eigenvalue weighted by atomic mass is 16.4. The number of hydrogen-bond acceptors (Lipinski definition) is 3. The molecule has 122 valence electrons. The second-order valence-electron chi connectivity index (χ2n) is 5.94. The minimum Gasteiger partial charge on any atom is -0.481 e. The van der Waals surface area contributed by atoms with E-state index in [4.69, 9.17) is 5.11 Å². The second kappa shape index (κ2) is 8.87. The van der Waals surface area contributed by atoms with Crippen molar-refractivity contribution in [3.63, 3.8) is 0 Å². The molecule has 2 amide bonds. The molecule has 0 aromatic carbocycles. The molecule has 2 unspecified atom stereocenters. The summed E-state index contributed by atoms with van der Waals surface area (Å²) in [5.74, 6) is -1.06. The summed E-state index contributed by atoms with van der Waals surface area (Å²) in [7, 11) is 0. The number of nitrogens with zero attached hydrogens (tertiary/aromatic N) is 2. The fourth-order valence-electron chi connectivity index (χ4n) is 2.50. The standard InChI is InChI=1S/C15H29N3O3/c1-4-17-8-10-18(11-9-17)15(21)16-13(3)7-5-6-12(2)14(19)20/h12-13H,4-11H2,1-3H3,(H,16,21)(H,19,20). The summed E-state index contributed by atoms with van der Waals surface area (Å²) < 4.78 is 0. The van der Waals surface area contributed by atoms with E-state index in [0.29, 0.717) is 6.42 Å². The van der Waals surface area contributed by atoms with Gasteiger partial charge in [0.05, 0.1) is 5.92 Å². The number of carbonyl (C=O) groups excluding carboxylic acids is 1. The molecule has 6 heteroatoms.